The Labute approximate surface area is 77.4 Å². The zero-order chi connectivity index (χ0) is 9.42. The maximum Gasteiger partial charge on any atom is 0.130 e. The summed E-state index contributed by atoms with van der Waals surface area (Å²) in [7, 11) is 0. The SMILES string of the molecule is Cc1nc(N)c2c(n1)CCC(N)C2. The van der Waals surface area contributed by atoms with Crippen LogP contribution < -0.4 is 11.5 Å². The molecule has 2 rings (SSSR count). The van der Waals surface area contributed by atoms with E-state index >= 15 is 0 Å². The maximum atomic E-state index is 5.85. The molecule has 4 N–H and O–H groups in total. The van der Waals surface area contributed by atoms with Gasteiger partial charge in [-0.2, -0.15) is 0 Å². The average Bonchev–Trinajstić information content (AvgIpc) is 2.06. The largest absolute Gasteiger partial charge is 0.383 e. The third-order valence-corrected chi connectivity index (χ3v) is 2.45. The van der Waals surface area contributed by atoms with Crippen LogP contribution in [0.2, 0.25) is 0 Å². The monoisotopic (exact) mass is 178 g/mol. The molecule has 0 bridgehead atoms. The van der Waals surface area contributed by atoms with Crippen molar-refractivity contribution in [3.05, 3.63) is 17.1 Å². The van der Waals surface area contributed by atoms with Gasteiger partial charge in [0, 0.05) is 17.3 Å². The van der Waals surface area contributed by atoms with E-state index in [1.807, 2.05) is 6.92 Å². The van der Waals surface area contributed by atoms with Crippen molar-refractivity contribution in [2.24, 2.45) is 5.73 Å². The number of rotatable bonds is 0. The first-order chi connectivity index (χ1) is 6.16. The van der Waals surface area contributed by atoms with Crippen LogP contribution in [0.5, 0.6) is 0 Å². The molecule has 1 aromatic rings. The molecular formula is C9H14N4. The minimum absolute atomic E-state index is 0.223. The molecule has 0 saturated carbocycles. The summed E-state index contributed by atoms with van der Waals surface area (Å²) in [4.78, 5) is 8.49. The van der Waals surface area contributed by atoms with Gasteiger partial charge in [-0.1, -0.05) is 0 Å². The van der Waals surface area contributed by atoms with Crippen molar-refractivity contribution in [3.8, 4) is 0 Å². The van der Waals surface area contributed by atoms with Crippen LogP contribution in [0.1, 0.15) is 23.5 Å². The van der Waals surface area contributed by atoms with Crippen LogP contribution >= 0.6 is 0 Å². The van der Waals surface area contributed by atoms with Gasteiger partial charge in [0.15, 0.2) is 0 Å². The number of aryl methyl sites for hydroxylation is 2. The van der Waals surface area contributed by atoms with Crippen LogP contribution in [0.15, 0.2) is 0 Å². The molecule has 1 aliphatic carbocycles. The van der Waals surface area contributed by atoms with Crippen LogP contribution in [0.4, 0.5) is 5.82 Å². The molecule has 0 radical (unpaired) electrons. The molecule has 1 atom stereocenters. The van der Waals surface area contributed by atoms with Crippen molar-refractivity contribution in [1.29, 1.82) is 0 Å². The number of nitrogens with two attached hydrogens (primary N) is 2. The lowest BCUT2D eigenvalue weighted by molar-refractivity contribution is 0.564. The molecular weight excluding hydrogens is 164 g/mol. The lowest BCUT2D eigenvalue weighted by Gasteiger charge is -2.21. The second-order valence-electron chi connectivity index (χ2n) is 3.58. The fraction of sp³-hybridized carbons (Fsp3) is 0.556. The van der Waals surface area contributed by atoms with Gasteiger partial charge in [-0.05, 0) is 26.2 Å². The standard InChI is InChI=1S/C9H14N4/c1-5-12-8-3-2-6(10)4-7(8)9(11)13-5/h6H,2-4,10H2,1H3,(H2,11,12,13). The molecule has 1 unspecified atom stereocenters. The van der Waals surface area contributed by atoms with Crippen LogP contribution in [0, 0.1) is 6.92 Å². The van der Waals surface area contributed by atoms with E-state index in [0.717, 1.165) is 36.3 Å². The van der Waals surface area contributed by atoms with Crippen LogP contribution in [0.25, 0.3) is 0 Å². The van der Waals surface area contributed by atoms with E-state index in [4.69, 9.17) is 11.5 Å². The highest BCUT2D eigenvalue weighted by molar-refractivity contribution is 5.44. The Morgan fingerprint density at radius 2 is 2.15 bits per heavy atom. The summed E-state index contributed by atoms with van der Waals surface area (Å²) in [6.45, 7) is 1.87. The number of hydrogen-bond donors (Lipinski definition) is 2. The number of fused-ring (bicyclic) bond motifs is 1. The summed E-state index contributed by atoms with van der Waals surface area (Å²) in [5, 5.41) is 0. The minimum atomic E-state index is 0.223. The molecule has 13 heavy (non-hydrogen) atoms. The van der Waals surface area contributed by atoms with Crippen molar-refractivity contribution in [2.45, 2.75) is 32.2 Å². The first-order valence-corrected chi connectivity index (χ1v) is 4.54. The molecule has 70 valence electrons. The zero-order valence-corrected chi connectivity index (χ0v) is 7.75. The molecule has 1 heterocycles. The highest BCUT2D eigenvalue weighted by atomic mass is 15.0. The van der Waals surface area contributed by atoms with E-state index in [1.165, 1.54) is 0 Å². The Balaban J connectivity index is 2.47. The second kappa shape index (κ2) is 2.96. The average molecular weight is 178 g/mol. The summed E-state index contributed by atoms with van der Waals surface area (Å²) in [6, 6.07) is 0.223. The first kappa shape index (κ1) is 8.44. The molecule has 0 spiro atoms. The van der Waals surface area contributed by atoms with Gasteiger partial charge in [0.05, 0.1) is 0 Å². The van der Waals surface area contributed by atoms with Gasteiger partial charge >= 0.3 is 0 Å². The van der Waals surface area contributed by atoms with Crippen molar-refractivity contribution >= 4 is 5.82 Å². The van der Waals surface area contributed by atoms with Gasteiger partial charge < -0.3 is 11.5 Å². The van der Waals surface area contributed by atoms with Gasteiger partial charge in [0.1, 0.15) is 11.6 Å². The number of aromatic nitrogens is 2. The Bertz CT molecular complexity index is 335. The quantitative estimate of drug-likeness (QED) is 0.594. The number of hydrogen-bond acceptors (Lipinski definition) is 4. The molecule has 0 aliphatic heterocycles. The van der Waals surface area contributed by atoms with E-state index in [9.17, 15) is 0 Å². The van der Waals surface area contributed by atoms with Crippen LogP contribution in [-0.4, -0.2) is 16.0 Å². The number of nitrogen functional groups attached to an aromatic ring is 1. The highest BCUT2D eigenvalue weighted by Gasteiger charge is 2.19. The second-order valence-corrected chi connectivity index (χ2v) is 3.58. The summed E-state index contributed by atoms with van der Waals surface area (Å²) < 4.78 is 0. The van der Waals surface area contributed by atoms with Crippen molar-refractivity contribution in [3.63, 3.8) is 0 Å². The first-order valence-electron chi connectivity index (χ1n) is 4.54. The fourth-order valence-corrected chi connectivity index (χ4v) is 1.79. The Morgan fingerprint density at radius 3 is 2.92 bits per heavy atom. The predicted molar refractivity (Wildman–Crippen MR) is 51.2 cm³/mol. The van der Waals surface area contributed by atoms with Crippen molar-refractivity contribution in [1.82, 2.24) is 9.97 Å². The Morgan fingerprint density at radius 1 is 1.38 bits per heavy atom. The smallest absolute Gasteiger partial charge is 0.130 e. The summed E-state index contributed by atoms with van der Waals surface area (Å²) in [5.41, 5.74) is 13.8. The molecule has 0 saturated heterocycles. The number of nitrogens with zero attached hydrogens (tertiary/aromatic N) is 2. The normalized spacial score (nSPS) is 21.2. The van der Waals surface area contributed by atoms with Crippen molar-refractivity contribution < 1.29 is 0 Å². The molecule has 0 amide bonds. The molecule has 0 fully saturated rings. The zero-order valence-electron chi connectivity index (χ0n) is 7.75. The topological polar surface area (TPSA) is 77.8 Å². The van der Waals surface area contributed by atoms with Crippen LogP contribution in [-0.2, 0) is 12.8 Å². The van der Waals surface area contributed by atoms with E-state index in [-0.39, 0.29) is 6.04 Å². The third kappa shape index (κ3) is 1.49. The van der Waals surface area contributed by atoms with Gasteiger partial charge in [-0.15, -0.1) is 0 Å². The van der Waals surface area contributed by atoms with E-state index in [0.29, 0.717) is 5.82 Å². The highest BCUT2D eigenvalue weighted by Crippen LogP contribution is 2.22. The van der Waals surface area contributed by atoms with Crippen molar-refractivity contribution in [2.75, 3.05) is 5.73 Å². The minimum Gasteiger partial charge on any atom is -0.383 e. The molecule has 4 heteroatoms. The predicted octanol–water partition coefficient (Wildman–Crippen LogP) is 0.183. The fourth-order valence-electron chi connectivity index (χ4n) is 1.79. The molecule has 0 aromatic carbocycles. The van der Waals surface area contributed by atoms with Crippen LogP contribution in [0.3, 0.4) is 0 Å². The van der Waals surface area contributed by atoms with Gasteiger partial charge in [-0.25, -0.2) is 9.97 Å². The maximum absolute atomic E-state index is 5.85. The number of anilines is 1. The molecule has 1 aromatic heterocycles. The Kier molecular flexibility index (Phi) is 1.92. The Hall–Kier alpha value is -1.16. The van der Waals surface area contributed by atoms with Gasteiger partial charge in [-0.3, -0.25) is 0 Å². The van der Waals surface area contributed by atoms with E-state index in [2.05, 4.69) is 9.97 Å². The van der Waals surface area contributed by atoms with E-state index in [1.54, 1.807) is 0 Å². The third-order valence-electron chi connectivity index (χ3n) is 2.45. The summed E-state index contributed by atoms with van der Waals surface area (Å²) in [6.07, 6.45) is 2.76. The lowest BCUT2D eigenvalue weighted by Crippen LogP contribution is -2.29. The van der Waals surface area contributed by atoms with Gasteiger partial charge in [0.2, 0.25) is 0 Å². The molecule has 1 aliphatic rings. The summed E-state index contributed by atoms with van der Waals surface area (Å²) >= 11 is 0. The summed E-state index contributed by atoms with van der Waals surface area (Å²) in [5.74, 6) is 1.37. The van der Waals surface area contributed by atoms with Gasteiger partial charge in [0.25, 0.3) is 0 Å². The lowest BCUT2D eigenvalue weighted by atomic mass is 9.93. The molecule has 4 nitrogen and oxygen atoms in total. The van der Waals surface area contributed by atoms with E-state index < -0.39 is 0 Å².